The monoisotopic (exact) mass is 272 g/mol. The molecule has 0 saturated heterocycles. The molecule has 4 nitrogen and oxygen atoms in total. The Morgan fingerprint density at radius 2 is 1.85 bits per heavy atom. The molecule has 2 aromatic rings. The number of amides is 1. The summed E-state index contributed by atoms with van der Waals surface area (Å²) in [6.45, 7) is 3.70. The molecule has 0 bridgehead atoms. The van der Waals surface area contributed by atoms with Gasteiger partial charge in [0, 0.05) is 23.6 Å². The number of aliphatic hydroxyl groups excluding tert-OH is 1. The second-order valence-electron chi connectivity index (χ2n) is 5.16. The van der Waals surface area contributed by atoms with E-state index in [0.29, 0.717) is 12.0 Å². The number of hydrogen-bond donors (Lipinski definition) is 2. The van der Waals surface area contributed by atoms with Crippen LogP contribution in [-0.2, 0) is 0 Å². The third kappa shape index (κ3) is 3.08. The average molecular weight is 272 g/mol. The third-order valence-electron chi connectivity index (χ3n) is 3.58. The fraction of sp³-hybridized carbons (Fsp3) is 0.312. The summed E-state index contributed by atoms with van der Waals surface area (Å²) in [5.41, 5.74) is 1.02. The number of carbonyl (C=O) groups is 1. The smallest absolute Gasteiger partial charge is 0.251 e. The SMILES string of the molecule is CCC(C)(CO)NC(=O)c1ccc(-n2cccc2)cc1. The lowest BCUT2D eigenvalue weighted by atomic mass is 9.99. The van der Waals surface area contributed by atoms with E-state index in [1.165, 1.54) is 0 Å². The molecule has 4 heteroatoms. The van der Waals surface area contributed by atoms with Crippen molar-refractivity contribution in [3.8, 4) is 5.69 Å². The number of aliphatic hydroxyl groups is 1. The van der Waals surface area contributed by atoms with E-state index in [0.717, 1.165) is 5.69 Å². The molecule has 1 atom stereocenters. The first-order valence-corrected chi connectivity index (χ1v) is 6.75. The predicted octanol–water partition coefficient (Wildman–Crippen LogP) is 2.37. The van der Waals surface area contributed by atoms with Crippen LogP contribution in [0.3, 0.4) is 0 Å². The van der Waals surface area contributed by atoms with Crippen molar-refractivity contribution in [2.45, 2.75) is 25.8 Å². The molecule has 2 rings (SSSR count). The van der Waals surface area contributed by atoms with Crippen LogP contribution in [0.1, 0.15) is 30.6 Å². The maximum absolute atomic E-state index is 12.1. The van der Waals surface area contributed by atoms with Gasteiger partial charge in [0.15, 0.2) is 0 Å². The molecule has 0 aliphatic carbocycles. The Balaban J connectivity index is 2.12. The molecule has 0 radical (unpaired) electrons. The lowest BCUT2D eigenvalue weighted by Gasteiger charge is -2.27. The Labute approximate surface area is 119 Å². The van der Waals surface area contributed by atoms with E-state index in [4.69, 9.17) is 0 Å². The molecule has 1 amide bonds. The highest BCUT2D eigenvalue weighted by Crippen LogP contribution is 2.13. The zero-order chi connectivity index (χ0) is 14.6. The minimum absolute atomic E-state index is 0.0727. The maximum atomic E-state index is 12.1. The van der Waals surface area contributed by atoms with Gasteiger partial charge in [-0.05, 0) is 49.7 Å². The first-order valence-electron chi connectivity index (χ1n) is 6.75. The van der Waals surface area contributed by atoms with Crippen molar-refractivity contribution < 1.29 is 9.90 Å². The van der Waals surface area contributed by atoms with Crippen LogP contribution in [0, 0.1) is 0 Å². The van der Waals surface area contributed by atoms with Crippen LogP contribution >= 0.6 is 0 Å². The largest absolute Gasteiger partial charge is 0.394 e. The molecular formula is C16H20N2O2. The lowest BCUT2D eigenvalue weighted by molar-refractivity contribution is 0.0847. The molecule has 0 aliphatic rings. The Kier molecular flexibility index (Phi) is 4.25. The van der Waals surface area contributed by atoms with Gasteiger partial charge in [-0.2, -0.15) is 0 Å². The predicted molar refractivity (Wildman–Crippen MR) is 79.0 cm³/mol. The molecule has 1 unspecified atom stereocenters. The fourth-order valence-electron chi connectivity index (χ4n) is 1.88. The van der Waals surface area contributed by atoms with Crippen molar-refractivity contribution in [3.05, 3.63) is 54.4 Å². The molecule has 106 valence electrons. The van der Waals surface area contributed by atoms with Crippen LogP contribution in [-0.4, -0.2) is 27.7 Å². The van der Waals surface area contributed by atoms with E-state index in [1.54, 1.807) is 12.1 Å². The first kappa shape index (κ1) is 14.3. The lowest BCUT2D eigenvalue weighted by Crippen LogP contribution is -2.48. The molecule has 0 aliphatic heterocycles. The molecule has 1 aromatic heterocycles. The Morgan fingerprint density at radius 3 is 2.35 bits per heavy atom. The normalized spacial score (nSPS) is 13.8. The van der Waals surface area contributed by atoms with Crippen LogP contribution < -0.4 is 5.32 Å². The van der Waals surface area contributed by atoms with Gasteiger partial charge in [-0.25, -0.2) is 0 Å². The summed E-state index contributed by atoms with van der Waals surface area (Å²) in [5.74, 6) is -0.164. The van der Waals surface area contributed by atoms with Crippen LogP contribution in [0.2, 0.25) is 0 Å². The summed E-state index contributed by atoms with van der Waals surface area (Å²) in [6.07, 6.45) is 4.58. The Bertz CT molecular complexity index is 555. The highest BCUT2D eigenvalue weighted by atomic mass is 16.3. The van der Waals surface area contributed by atoms with Crippen LogP contribution in [0.4, 0.5) is 0 Å². The van der Waals surface area contributed by atoms with Gasteiger partial charge in [-0.3, -0.25) is 4.79 Å². The fourth-order valence-corrected chi connectivity index (χ4v) is 1.88. The van der Waals surface area contributed by atoms with Crippen molar-refractivity contribution in [2.24, 2.45) is 0 Å². The van der Waals surface area contributed by atoms with E-state index in [1.807, 2.05) is 55.1 Å². The van der Waals surface area contributed by atoms with Gasteiger partial charge in [0.1, 0.15) is 0 Å². The number of hydrogen-bond acceptors (Lipinski definition) is 2. The number of nitrogens with one attached hydrogen (secondary N) is 1. The highest BCUT2D eigenvalue weighted by Gasteiger charge is 2.23. The van der Waals surface area contributed by atoms with Gasteiger partial charge in [0.05, 0.1) is 12.1 Å². The second-order valence-corrected chi connectivity index (χ2v) is 5.16. The summed E-state index contributed by atoms with van der Waals surface area (Å²) in [6, 6.07) is 11.3. The van der Waals surface area contributed by atoms with Crippen molar-refractivity contribution in [3.63, 3.8) is 0 Å². The van der Waals surface area contributed by atoms with Crippen molar-refractivity contribution >= 4 is 5.91 Å². The topological polar surface area (TPSA) is 54.3 Å². The molecule has 20 heavy (non-hydrogen) atoms. The van der Waals surface area contributed by atoms with Gasteiger partial charge in [-0.1, -0.05) is 6.92 Å². The average Bonchev–Trinajstić information content (AvgIpc) is 3.01. The van der Waals surface area contributed by atoms with E-state index in [-0.39, 0.29) is 12.5 Å². The number of carbonyl (C=O) groups excluding carboxylic acids is 1. The second kappa shape index (κ2) is 5.92. The summed E-state index contributed by atoms with van der Waals surface area (Å²) >= 11 is 0. The van der Waals surface area contributed by atoms with Crippen LogP contribution in [0.15, 0.2) is 48.8 Å². The zero-order valence-corrected chi connectivity index (χ0v) is 11.8. The molecule has 2 N–H and O–H groups in total. The Morgan fingerprint density at radius 1 is 1.25 bits per heavy atom. The minimum Gasteiger partial charge on any atom is -0.394 e. The van der Waals surface area contributed by atoms with Crippen molar-refractivity contribution in [2.75, 3.05) is 6.61 Å². The van der Waals surface area contributed by atoms with E-state index >= 15 is 0 Å². The van der Waals surface area contributed by atoms with E-state index < -0.39 is 5.54 Å². The molecule has 0 fully saturated rings. The molecule has 1 heterocycles. The number of nitrogens with zero attached hydrogens (tertiary/aromatic N) is 1. The summed E-state index contributed by atoms with van der Waals surface area (Å²) in [4.78, 5) is 12.1. The van der Waals surface area contributed by atoms with Gasteiger partial charge < -0.3 is 15.0 Å². The van der Waals surface area contributed by atoms with E-state index in [9.17, 15) is 9.90 Å². The van der Waals surface area contributed by atoms with Crippen LogP contribution in [0.25, 0.3) is 5.69 Å². The van der Waals surface area contributed by atoms with Gasteiger partial charge in [0.2, 0.25) is 0 Å². The number of aromatic nitrogens is 1. The molecular weight excluding hydrogens is 252 g/mol. The summed E-state index contributed by atoms with van der Waals surface area (Å²) in [7, 11) is 0. The summed E-state index contributed by atoms with van der Waals surface area (Å²) in [5, 5.41) is 12.2. The maximum Gasteiger partial charge on any atom is 0.251 e. The standard InChI is InChI=1S/C16H20N2O2/c1-3-16(2,12-19)17-15(20)13-6-8-14(9-7-13)18-10-4-5-11-18/h4-11,19H,3,12H2,1-2H3,(H,17,20). The highest BCUT2D eigenvalue weighted by molar-refractivity contribution is 5.94. The first-order chi connectivity index (χ1) is 9.58. The van der Waals surface area contributed by atoms with Gasteiger partial charge in [0.25, 0.3) is 5.91 Å². The Hall–Kier alpha value is -2.07. The number of rotatable bonds is 5. The van der Waals surface area contributed by atoms with E-state index in [2.05, 4.69) is 5.32 Å². The molecule has 1 aromatic carbocycles. The van der Waals surface area contributed by atoms with Gasteiger partial charge >= 0.3 is 0 Å². The molecule has 0 saturated carbocycles. The van der Waals surface area contributed by atoms with Gasteiger partial charge in [-0.15, -0.1) is 0 Å². The number of benzene rings is 1. The van der Waals surface area contributed by atoms with Crippen molar-refractivity contribution in [1.29, 1.82) is 0 Å². The molecule has 0 spiro atoms. The zero-order valence-electron chi connectivity index (χ0n) is 11.8. The third-order valence-corrected chi connectivity index (χ3v) is 3.58. The van der Waals surface area contributed by atoms with Crippen LogP contribution in [0.5, 0.6) is 0 Å². The quantitative estimate of drug-likeness (QED) is 0.878. The van der Waals surface area contributed by atoms with Crippen molar-refractivity contribution in [1.82, 2.24) is 9.88 Å². The summed E-state index contributed by atoms with van der Waals surface area (Å²) < 4.78 is 1.98. The minimum atomic E-state index is -0.573.